The van der Waals surface area contributed by atoms with Crippen LogP contribution in [0.5, 0.6) is 0 Å². The summed E-state index contributed by atoms with van der Waals surface area (Å²) in [6.07, 6.45) is 3.77. The second-order valence-electron chi connectivity index (χ2n) is 11.2. The predicted octanol–water partition coefficient (Wildman–Crippen LogP) is 4.31. The highest BCUT2D eigenvalue weighted by molar-refractivity contribution is 5.75. The van der Waals surface area contributed by atoms with E-state index in [1.165, 1.54) is 5.56 Å². The summed E-state index contributed by atoms with van der Waals surface area (Å²) in [5.74, 6) is 0.113. The highest BCUT2D eigenvalue weighted by atomic mass is 19.1. The summed E-state index contributed by atoms with van der Waals surface area (Å²) in [6, 6.07) is 11.5. The molecule has 3 aliphatic rings. The van der Waals surface area contributed by atoms with Crippen LogP contribution in [0.25, 0.3) is 11.1 Å². The first kappa shape index (κ1) is 26.7. The molecular formula is C30H41FN2O4. The standard InChI is InChI=1S/C30H41FN2O4/c1-20-6-3-7-22(14-20)27-24(31)9-8-23-28(27)29(37-13-5-12-35-2)30(23)10-4-11-33(18-30)19-36-17-21-15-25(32)26(34)16-21/h3,6-9,14,21,25-26,29,34H,4-5,10-13,15-19,32H2,1-2H3/t21-,25+,26-,29+,30+/m0/s1. The summed E-state index contributed by atoms with van der Waals surface area (Å²) in [6.45, 7) is 6.19. The number of piperidine rings is 1. The lowest BCUT2D eigenvalue weighted by Gasteiger charge is -2.56. The highest BCUT2D eigenvalue weighted by Crippen LogP contribution is 2.59. The molecular weight excluding hydrogens is 471 g/mol. The van der Waals surface area contributed by atoms with Crippen LogP contribution in [0.1, 0.15) is 54.9 Å². The number of nitrogens with two attached hydrogens (primary N) is 1. The van der Waals surface area contributed by atoms with Crippen LogP contribution in [0.3, 0.4) is 0 Å². The Kier molecular flexibility index (Phi) is 8.29. The lowest BCUT2D eigenvalue weighted by molar-refractivity contribution is -0.0857. The summed E-state index contributed by atoms with van der Waals surface area (Å²) < 4.78 is 33.3. The summed E-state index contributed by atoms with van der Waals surface area (Å²) in [5, 5.41) is 9.95. The maximum absolute atomic E-state index is 15.4. The molecule has 1 saturated carbocycles. The number of aliphatic hydroxyl groups is 1. The Labute approximate surface area is 219 Å². The van der Waals surface area contributed by atoms with Gasteiger partial charge in [0.2, 0.25) is 0 Å². The van der Waals surface area contributed by atoms with Gasteiger partial charge in [0.05, 0.1) is 25.5 Å². The third-order valence-corrected chi connectivity index (χ3v) is 8.48. The number of nitrogens with zero attached hydrogens (tertiary/aromatic N) is 1. The van der Waals surface area contributed by atoms with Crippen LogP contribution in [0.15, 0.2) is 36.4 Å². The van der Waals surface area contributed by atoms with E-state index in [4.69, 9.17) is 19.9 Å². The molecule has 2 fully saturated rings. The van der Waals surface area contributed by atoms with E-state index in [1.807, 2.05) is 31.2 Å². The lowest BCUT2D eigenvalue weighted by atomic mass is 9.56. The number of methoxy groups -OCH3 is 1. The van der Waals surface area contributed by atoms with Crippen LogP contribution >= 0.6 is 0 Å². The second-order valence-corrected chi connectivity index (χ2v) is 11.2. The van der Waals surface area contributed by atoms with E-state index >= 15 is 4.39 Å². The molecule has 1 spiro atoms. The van der Waals surface area contributed by atoms with Crippen LogP contribution in [0.2, 0.25) is 0 Å². The monoisotopic (exact) mass is 512 g/mol. The zero-order valence-corrected chi connectivity index (χ0v) is 22.1. The maximum atomic E-state index is 15.4. The molecule has 2 aromatic rings. The summed E-state index contributed by atoms with van der Waals surface area (Å²) in [5.41, 5.74) is 10.7. The van der Waals surface area contributed by atoms with Gasteiger partial charge < -0.3 is 25.1 Å². The molecule has 202 valence electrons. The van der Waals surface area contributed by atoms with Gasteiger partial charge in [-0.05, 0) is 67.7 Å². The minimum atomic E-state index is -0.419. The number of aryl methyl sites for hydroxylation is 1. The van der Waals surface area contributed by atoms with Crippen molar-refractivity contribution in [2.24, 2.45) is 11.7 Å². The number of likely N-dealkylation sites (tertiary alicyclic amines) is 1. The van der Waals surface area contributed by atoms with Crippen LogP contribution in [-0.4, -0.2) is 68.9 Å². The van der Waals surface area contributed by atoms with Gasteiger partial charge in [-0.1, -0.05) is 35.9 Å². The molecule has 7 heteroatoms. The number of fused-ring (bicyclic) bond motifs is 2. The molecule has 5 atom stereocenters. The third kappa shape index (κ3) is 5.35. The van der Waals surface area contributed by atoms with Crippen molar-refractivity contribution in [2.45, 2.75) is 62.7 Å². The van der Waals surface area contributed by atoms with E-state index in [0.717, 1.165) is 55.5 Å². The number of halogens is 1. The van der Waals surface area contributed by atoms with Gasteiger partial charge in [-0.15, -0.1) is 0 Å². The quantitative estimate of drug-likeness (QED) is 0.462. The number of aliphatic hydroxyl groups excluding tert-OH is 1. The molecule has 6 nitrogen and oxygen atoms in total. The smallest absolute Gasteiger partial charge is 0.131 e. The van der Waals surface area contributed by atoms with Gasteiger partial charge in [-0.25, -0.2) is 4.39 Å². The van der Waals surface area contributed by atoms with Crippen LogP contribution < -0.4 is 5.73 Å². The SMILES string of the molecule is COCCCO[C@@H]1c2c(ccc(F)c2-c2cccc(C)c2)[C@]12CCCN(COC[C@H]1C[C@@H](N)[C@@H](O)C1)C2. The topological polar surface area (TPSA) is 77.2 Å². The number of benzene rings is 2. The van der Waals surface area contributed by atoms with E-state index in [0.29, 0.717) is 44.5 Å². The minimum absolute atomic E-state index is 0.141. The van der Waals surface area contributed by atoms with Gasteiger partial charge in [-0.2, -0.15) is 0 Å². The van der Waals surface area contributed by atoms with Crippen LogP contribution in [0, 0.1) is 18.7 Å². The van der Waals surface area contributed by atoms with E-state index in [9.17, 15) is 5.11 Å². The number of hydrogen-bond donors (Lipinski definition) is 2. The van der Waals surface area contributed by atoms with Gasteiger partial charge in [0, 0.05) is 50.4 Å². The van der Waals surface area contributed by atoms with Crippen LogP contribution in [-0.2, 0) is 19.6 Å². The third-order valence-electron chi connectivity index (χ3n) is 8.48. The first-order valence-electron chi connectivity index (χ1n) is 13.7. The molecule has 0 bridgehead atoms. The van der Waals surface area contributed by atoms with Gasteiger partial charge >= 0.3 is 0 Å². The van der Waals surface area contributed by atoms with E-state index in [1.54, 1.807) is 13.2 Å². The molecule has 0 unspecified atom stereocenters. The fraction of sp³-hybridized carbons (Fsp3) is 0.600. The Morgan fingerprint density at radius 3 is 2.81 bits per heavy atom. The average molecular weight is 513 g/mol. The Bertz CT molecular complexity index is 1070. The average Bonchev–Trinajstić information content (AvgIpc) is 3.20. The lowest BCUT2D eigenvalue weighted by Crippen LogP contribution is -2.56. The minimum Gasteiger partial charge on any atom is -0.392 e. The molecule has 0 amide bonds. The van der Waals surface area contributed by atoms with Crippen molar-refractivity contribution in [3.05, 3.63) is 58.9 Å². The molecule has 1 aliphatic heterocycles. The molecule has 1 saturated heterocycles. The molecule has 1 heterocycles. The van der Waals surface area contributed by atoms with Crippen molar-refractivity contribution in [3.8, 4) is 11.1 Å². The van der Waals surface area contributed by atoms with Crippen LogP contribution in [0.4, 0.5) is 4.39 Å². The Balaban J connectivity index is 1.37. The zero-order valence-electron chi connectivity index (χ0n) is 22.1. The highest BCUT2D eigenvalue weighted by Gasteiger charge is 2.55. The number of ether oxygens (including phenoxy) is 3. The van der Waals surface area contributed by atoms with Crippen molar-refractivity contribution < 1.29 is 23.7 Å². The van der Waals surface area contributed by atoms with Gasteiger partial charge in [0.15, 0.2) is 0 Å². The largest absolute Gasteiger partial charge is 0.392 e. The fourth-order valence-electron chi connectivity index (χ4n) is 6.74. The van der Waals surface area contributed by atoms with Gasteiger partial charge in [-0.3, -0.25) is 4.90 Å². The van der Waals surface area contributed by atoms with Crippen molar-refractivity contribution in [2.75, 3.05) is 46.8 Å². The zero-order chi connectivity index (χ0) is 26.0. The molecule has 3 N–H and O–H groups in total. The molecule has 37 heavy (non-hydrogen) atoms. The summed E-state index contributed by atoms with van der Waals surface area (Å²) >= 11 is 0. The summed E-state index contributed by atoms with van der Waals surface area (Å²) in [7, 11) is 1.70. The second kappa shape index (κ2) is 11.5. The Morgan fingerprint density at radius 2 is 2.05 bits per heavy atom. The molecule has 2 aromatic carbocycles. The van der Waals surface area contributed by atoms with E-state index in [2.05, 4.69) is 11.0 Å². The van der Waals surface area contributed by atoms with E-state index in [-0.39, 0.29) is 23.4 Å². The van der Waals surface area contributed by atoms with Crippen molar-refractivity contribution in [1.29, 1.82) is 0 Å². The van der Waals surface area contributed by atoms with Crippen molar-refractivity contribution in [3.63, 3.8) is 0 Å². The van der Waals surface area contributed by atoms with Gasteiger partial charge in [0.25, 0.3) is 0 Å². The Hall–Kier alpha value is -1.87. The Morgan fingerprint density at radius 1 is 1.19 bits per heavy atom. The first-order valence-corrected chi connectivity index (χ1v) is 13.7. The maximum Gasteiger partial charge on any atom is 0.131 e. The van der Waals surface area contributed by atoms with Crippen molar-refractivity contribution in [1.82, 2.24) is 4.90 Å². The molecule has 0 aromatic heterocycles. The van der Waals surface area contributed by atoms with E-state index < -0.39 is 6.10 Å². The number of hydrogen-bond acceptors (Lipinski definition) is 6. The number of rotatable bonds is 10. The van der Waals surface area contributed by atoms with Gasteiger partial charge in [0.1, 0.15) is 5.82 Å². The fourth-order valence-corrected chi connectivity index (χ4v) is 6.74. The van der Waals surface area contributed by atoms with Crippen molar-refractivity contribution >= 4 is 0 Å². The molecule has 0 radical (unpaired) electrons. The summed E-state index contributed by atoms with van der Waals surface area (Å²) in [4.78, 5) is 2.36. The first-order chi connectivity index (χ1) is 17.9. The molecule has 2 aliphatic carbocycles. The normalized spacial score (nSPS) is 29.4. The molecule has 5 rings (SSSR count). The predicted molar refractivity (Wildman–Crippen MR) is 142 cm³/mol.